The molecule has 0 radical (unpaired) electrons. The van der Waals surface area contributed by atoms with Crippen LogP contribution in [-0.2, 0) is 20.9 Å². The standard InChI is InChI=1S/C27H28ClF2N5O3/c1-16-12-32-23(22-3-6-31-27(35-22)18-4-7-37-8-5-18)11-20(16)26(28)25(9-17(2)34-15-36)38-14-24-21(30)10-19(29)13-33-24/h3,6,9-13,15,18,23,32H,4-5,7-8,14H2,1-2H3,(H,34,36)/b17-9-,26-25-. The van der Waals surface area contributed by atoms with Crippen molar-refractivity contribution >= 4 is 18.0 Å². The van der Waals surface area contributed by atoms with Crippen molar-refractivity contribution in [2.24, 2.45) is 0 Å². The van der Waals surface area contributed by atoms with Crippen LogP contribution < -0.4 is 10.6 Å². The van der Waals surface area contributed by atoms with Crippen LogP contribution in [-0.4, -0.2) is 34.6 Å². The first-order chi connectivity index (χ1) is 18.4. The van der Waals surface area contributed by atoms with Gasteiger partial charge in [-0.1, -0.05) is 11.6 Å². The van der Waals surface area contributed by atoms with Crippen molar-refractivity contribution in [1.29, 1.82) is 0 Å². The van der Waals surface area contributed by atoms with Crippen LogP contribution in [0.4, 0.5) is 8.78 Å². The Labute approximate surface area is 224 Å². The summed E-state index contributed by atoms with van der Waals surface area (Å²) in [7, 11) is 0. The van der Waals surface area contributed by atoms with Crippen LogP contribution in [0.15, 0.2) is 70.5 Å². The van der Waals surface area contributed by atoms with Crippen LogP contribution in [0.25, 0.3) is 0 Å². The highest BCUT2D eigenvalue weighted by molar-refractivity contribution is 6.33. The summed E-state index contributed by atoms with van der Waals surface area (Å²) in [5.74, 6) is -0.424. The summed E-state index contributed by atoms with van der Waals surface area (Å²) in [5.41, 5.74) is 2.63. The van der Waals surface area contributed by atoms with Gasteiger partial charge in [0, 0.05) is 49.4 Å². The van der Waals surface area contributed by atoms with Crippen LogP contribution >= 0.6 is 11.6 Å². The minimum absolute atomic E-state index is 0.0891. The van der Waals surface area contributed by atoms with E-state index in [9.17, 15) is 13.6 Å². The Morgan fingerprint density at radius 3 is 2.84 bits per heavy atom. The number of hydrogen-bond donors (Lipinski definition) is 2. The molecule has 8 nitrogen and oxygen atoms in total. The molecule has 1 saturated heterocycles. The lowest BCUT2D eigenvalue weighted by atomic mass is 9.97. The second-order valence-electron chi connectivity index (χ2n) is 8.92. The average molecular weight is 544 g/mol. The number of nitrogens with one attached hydrogen (secondary N) is 2. The molecule has 2 aliphatic heterocycles. The molecule has 38 heavy (non-hydrogen) atoms. The summed E-state index contributed by atoms with van der Waals surface area (Å²) in [6.07, 6.45) is 10.2. The van der Waals surface area contributed by atoms with E-state index in [0.29, 0.717) is 30.9 Å². The van der Waals surface area contributed by atoms with Crippen molar-refractivity contribution < 1.29 is 23.0 Å². The highest BCUT2D eigenvalue weighted by Crippen LogP contribution is 2.33. The zero-order valence-corrected chi connectivity index (χ0v) is 21.8. The summed E-state index contributed by atoms with van der Waals surface area (Å²) in [6.45, 7) is 4.61. The summed E-state index contributed by atoms with van der Waals surface area (Å²) in [6, 6.07) is 2.29. The fourth-order valence-corrected chi connectivity index (χ4v) is 4.42. The Morgan fingerprint density at radius 1 is 1.32 bits per heavy atom. The number of dihydropyridines is 1. The maximum Gasteiger partial charge on any atom is 0.211 e. The molecule has 11 heteroatoms. The van der Waals surface area contributed by atoms with Gasteiger partial charge < -0.3 is 20.1 Å². The van der Waals surface area contributed by atoms with Gasteiger partial charge in [-0.3, -0.25) is 9.78 Å². The fraction of sp³-hybridized carbons (Fsp3) is 0.333. The molecule has 1 unspecified atom stereocenters. The third kappa shape index (κ3) is 6.81. The van der Waals surface area contributed by atoms with E-state index in [1.807, 2.05) is 25.3 Å². The molecule has 0 aromatic carbocycles. The summed E-state index contributed by atoms with van der Waals surface area (Å²) in [5, 5.41) is 6.09. The van der Waals surface area contributed by atoms with Crippen molar-refractivity contribution in [3.8, 4) is 0 Å². The van der Waals surface area contributed by atoms with Gasteiger partial charge in [0.1, 0.15) is 29.7 Å². The Morgan fingerprint density at radius 2 is 2.11 bits per heavy atom. The molecule has 0 spiro atoms. The normalized spacial score (nSPS) is 19.1. The van der Waals surface area contributed by atoms with E-state index in [1.54, 1.807) is 13.1 Å². The summed E-state index contributed by atoms with van der Waals surface area (Å²) in [4.78, 5) is 24.0. The maximum absolute atomic E-state index is 14.2. The molecular formula is C27H28ClF2N5O3. The molecule has 2 aliphatic rings. The number of carbonyl (C=O) groups excluding carboxylic acids is 1. The topological polar surface area (TPSA) is 98.3 Å². The Bertz CT molecular complexity index is 1310. The molecule has 2 aromatic heterocycles. The fourth-order valence-electron chi connectivity index (χ4n) is 4.10. The lowest BCUT2D eigenvalue weighted by Crippen LogP contribution is -2.22. The minimum atomic E-state index is -0.839. The van der Waals surface area contributed by atoms with Gasteiger partial charge in [-0.25, -0.2) is 18.7 Å². The average Bonchev–Trinajstić information content (AvgIpc) is 2.92. The largest absolute Gasteiger partial charge is 0.486 e. The number of halogens is 3. The SMILES string of the molecule is CC1=CNC(c2ccnc(C3CCOCC3)n2)C=C1/C(Cl)=C(\C=C(\C)NC=O)OCc1ncc(F)cc1F. The lowest BCUT2D eigenvalue weighted by molar-refractivity contribution is -0.108. The predicted molar refractivity (Wildman–Crippen MR) is 137 cm³/mol. The zero-order valence-electron chi connectivity index (χ0n) is 21.0. The van der Waals surface area contributed by atoms with Crippen LogP contribution in [0, 0.1) is 11.6 Å². The van der Waals surface area contributed by atoms with E-state index in [4.69, 9.17) is 26.1 Å². The monoisotopic (exact) mass is 543 g/mol. The van der Waals surface area contributed by atoms with Gasteiger partial charge in [0.25, 0.3) is 0 Å². The van der Waals surface area contributed by atoms with Gasteiger partial charge in [0.15, 0.2) is 5.82 Å². The van der Waals surface area contributed by atoms with Gasteiger partial charge in [0.2, 0.25) is 6.41 Å². The van der Waals surface area contributed by atoms with E-state index in [0.717, 1.165) is 42.2 Å². The molecule has 4 rings (SSSR count). The number of hydrogen-bond acceptors (Lipinski definition) is 7. The summed E-state index contributed by atoms with van der Waals surface area (Å²) >= 11 is 6.84. The van der Waals surface area contributed by atoms with Gasteiger partial charge in [-0.15, -0.1) is 0 Å². The highest BCUT2D eigenvalue weighted by atomic mass is 35.5. The Balaban J connectivity index is 1.65. The van der Waals surface area contributed by atoms with Crippen LogP contribution in [0.2, 0.25) is 0 Å². The first-order valence-corrected chi connectivity index (χ1v) is 12.5. The van der Waals surface area contributed by atoms with Crippen molar-refractivity contribution in [3.63, 3.8) is 0 Å². The van der Waals surface area contributed by atoms with Gasteiger partial charge in [-0.2, -0.15) is 0 Å². The molecule has 2 N–H and O–H groups in total. The van der Waals surface area contributed by atoms with Gasteiger partial charge >= 0.3 is 0 Å². The van der Waals surface area contributed by atoms with E-state index in [-0.39, 0.29) is 35.1 Å². The number of amides is 1. The number of ether oxygens (including phenoxy) is 2. The molecule has 0 saturated carbocycles. The molecular weight excluding hydrogens is 516 g/mol. The molecule has 200 valence electrons. The molecule has 2 aromatic rings. The van der Waals surface area contributed by atoms with Crippen molar-refractivity contribution in [2.75, 3.05) is 13.2 Å². The van der Waals surface area contributed by atoms with Crippen LogP contribution in [0.1, 0.15) is 55.9 Å². The molecule has 4 heterocycles. The van der Waals surface area contributed by atoms with Crippen molar-refractivity contribution in [1.82, 2.24) is 25.6 Å². The molecule has 1 atom stereocenters. The van der Waals surface area contributed by atoms with E-state index >= 15 is 0 Å². The highest BCUT2D eigenvalue weighted by Gasteiger charge is 2.23. The van der Waals surface area contributed by atoms with E-state index in [1.165, 1.54) is 6.08 Å². The van der Waals surface area contributed by atoms with Gasteiger partial charge in [0.05, 0.1) is 23.0 Å². The molecule has 0 bridgehead atoms. The molecule has 0 aliphatic carbocycles. The van der Waals surface area contributed by atoms with Crippen LogP contribution in [0.5, 0.6) is 0 Å². The van der Waals surface area contributed by atoms with Crippen molar-refractivity contribution in [3.05, 3.63) is 99.4 Å². The van der Waals surface area contributed by atoms with Gasteiger partial charge in [-0.05, 0) is 50.0 Å². The second kappa shape index (κ2) is 12.7. The summed E-state index contributed by atoms with van der Waals surface area (Å²) < 4.78 is 38.7. The number of rotatable bonds is 9. The number of nitrogens with zero attached hydrogens (tertiary/aromatic N) is 3. The second-order valence-corrected chi connectivity index (χ2v) is 9.29. The number of allylic oxidation sites excluding steroid dienone is 5. The molecule has 1 fully saturated rings. The lowest BCUT2D eigenvalue weighted by Gasteiger charge is -2.24. The third-order valence-corrected chi connectivity index (χ3v) is 6.56. The Kier molecular flexibility index (Phi) is 9.19. The quantitative estimate of drug-likeness (QED) is 0.265. The van der Waals surface area contributed by atoms with Crippen LogP contribution in [0.3, 0.4) is 0 Å². The minimum Gasteiger partial charge on any atom is -0.486 e. The smallest absolute Gasteiger partial charge is 0.211 e. The number of pyridine rings is 1. The Hall–Kier alpha value is -3.63. The van der Waals surface area contributed by atoms with Crippen molar-refractivity contribution in [2.45, 2.75) is 45.3 Å². The first-order valence-electron chi connectivity index (χ1n) is 12.1. The third-order valence-electron chi connectivity index (χ3n) is 6.17. The first kappa shape index (κ1) is 27.4. The number of aromatic nitrogens is 3. The zero-order chi connectivity index (χ0) is 27.1. The number of carbonyl (C=O) groups is 1. The van der Waals surface area contributed by atoms with E-state index in [2.05, 4.69) is 20.6 Å². The molecule has 1 amide bonds. The van der Waals surface area contributed by atoms with E-state index < -0.39 is 11.6 Å². The predicted octanol–water partition coefficient (Wildman–Crippen LogP) is 4.84. The maximum atomic E-state index is 14.2.